The molecule has 0 saturated heterocycles. The number of benzene rings is 1. The van der Waals surface area contributed by atoms with E-state index in [1.165, 1.54) is 17.0 Å². The van der Waals surface area contributed by atoms with E-state index >= 15 is 0 Å². The van der Waals surface area contributed by atoms with Gasteiger partial charge in [-0.15, -0.1) is 0 Å². The highest BCUT2D eigenvalue weighted by atomic mass is 32.1. The molecule has 1 aromatic carbocycles. The molecule has 0 spiro atoms. The van der Waals surface area contributed by atoms with Crippen LogP contribution in [0.4, 0.5) is 5.69 Å². The van der Waals surface area contributed by atoms with E-state index in [0.717, 1.165) is 12.1 Å². The second-order valence-corrected chi connectivity index (χ2v) is 6.42. The fourth-order valence-electron chi connectivity index (χ4n) is 2.84. The minimum absolute atomic E-state index is 0.381. The zero-order valence-electron chi connectivity index (χ0n) is 12.2. The Morgan fingerprint density at radius 3 is 2.75 bits per heavy atom. The molecule has 1 atom stereocenters. The Balaban J connectivity index is 2.10. The van der Waals surface area contributed by atoms with E-state index in [1.54, 1.807) is 11.3 Å². The van der Waals surface area contributed by atoms with E-state index in [-0.39, 0.29) is 0 Å². The van der Waals surface area contributed by atoms with Gasteiger partial charge >= 0.3 is 0 Å². The summed E-state index contributed by atoms with van der Waals surface area (Å²) in [5.41, 5.74) is 3.86. The van der Waals surface area contributed by atoms with Crippen molar-refractivity contribution in [1.82, 2.24) is 4.90 Å². The first kappa shape index (κ1) is 13.4. The second-order valence-electron chi connectivity index (χ2n) is 5.64. The summed E-state index contributed by atoms with van der Waals surface area (Å²) < 4.78 is 0. The Bertz CT molecular complexity index is 614. The molecule has 0 radical (unpaired) electrons. The molecule has 2 nitrogen and oxygen atoms in total. The van der Waals surface area contributed by atoms with Gasteiger partial charge < -0.3 is 4.90 Å². The van der Waals surface area contributed by atoms with Crippen LogP contribution in [0.3, 0.4) is 0 Å². The van der Waals surface area contributed by atoms with Gasteiger partial charge in [0.15, 0.2) is 0 Å². The summed E-state index contributed by atoms with van der Waals surface area (Å²) in [5.74, 6) is 1.60. The molecule has 3 heteroatoms. The van der Waals surface area contributed by atoms with Crippen molar-refractivity contribution in [3.05, 3.63) is 52.2 Å². The topological polar surface area (TPSA) is 15.6 Å². The van der Waals surface area contributed by atoms with Crippen LogP contribution in [0.25, 0.3) is 0 Å². The minimum atomic E-state index is 0.381. The number of likely N-dealkylation sites (N-methyl/N-ethyl adjacent to an activating group) is 1. The molecule has 0 N–H and O–H groups in total. The van der Waals surface area contributed by atoms with Crippen LogP contribution in [-0.4, -0.2) is 17.8 Å². The van der Waals surface area contributed by atoms with Gasteiger partial charge in [-0.05, 0) is 40.4 Å². The van der Waals surface area contributed by atoms with Crippen LogP contribution < -0.4 is 0 Å². The summed E-state index contributed by atoms with van der Waals surface area (Å²) in [6.07, 6.45) is 1.02. The molecule has 0 aliphatic carbocycles. The third kappa shape index (κ3) is 2.38. The van der Waals surface area contributed by atoms with E-state index in [4.69, 9.17) is 4.99 Å². The predicted molar refractivity (Wildman–Crippen MR) is 86.9 cm³/mol. The molecule has 0 saturated carbocycles. The lowest BCUT2D eigenvalue weighted by Crippen LogP contribution is -2.34. The minimum Gasteiger partial charge on any atom is -0.355 e. The molecule has 1 aliphatic rings. The van der Waals surface area contributed by atoms with Crippen molar-refractivity contribution in [1.29, 1.82) is 0 Å². The van der Waals surface area contributed by atoms with Crippen molar-refractivity contribution in [3.63, 3.8) is 0 Å². The zero-order chi connectivity index (χ0) is 14.1. The number of rotatable bonds is 2. The van der Waals surface area contributed by atoms with Gasteiger partial charge in [0.2, 0.25) is 0 Å². The van der Waals surface area contributed by atoms with Gasteiger partial charge in [-0.1, -0.05) is 32.0 Å². The van der Waals surface area contributed by atoms with Crippen LogP contribution in [-0.2, 0) is 6.42 Å². The van der Waals surface area contributed by atoms with Crippen molar-refractivity contribution in [3.8, 4) is 0 Å². The van der Waals surface area contributed by atoms with E-state index in [1.807, 2.05) is 0 Å². The number of para-hydroxylation sites is 1. The average Bonchev–Trinajstić information content (AvgIpc) is 2.91. The molecule has 0 fully saturated rings. The van der Waals surface area contributed by atoms with Crippen molar-refractivity contribution in [2.45, 2.75) is 26.3 Å². The zero-order valence-corrected chi connectivity index (χ0v) is 13.0. The van der Waals surface area contributed by atoms with Crippen molar-refractivity contribution in [2.75, 3.05) is 7.05 Å². The third-order valence-electron chi connectivity index (χ3n) is 3.91. The quantitative estimate of drug-likeness (QED) is 0.783. The maximum absolute atomic E-state index is 4.93. The fourth-order valence-corrected chi connectivity index (χ4v) is 3.55. The number of hydrogen-bond acceptors (Lipinski definition) is 3. The van der Waals surface area contributed by atoms with Crippen LogP contribution in [0.15, 0.2) is 46.1 Å². The van der Waals surface area contributed by atoms with Gasteiger partial charge in [0.25, 0.3) is 0 Å². The molecule has 0 bridgehead atoms. The van der Waals surface area contributed by atoms with Crippen LogP contribution in [0.2, 0.25) is 0 Å². The summed E-state index contributed by atoms with van der Waals surface area (Å²) >= 11 is 1.77. The Kier molecular flexibility index (Phi) is 3.62. The second kappa shape index (κ2) is 5.41. The fraction of sp³-hybridized carbons (Fsp3) is 0.353. The number of thiophene rings is 1. The Hall–Kier alpha value is -1.61. The lowest BCUT2D eigenvalue weighted by Gasteiger charge is -2.30. The van der Waals surface area contributed by atoms with Crippen molar-refractivity contribution in [2.24, 2.45) is 10.9 Å². The number of aliphatic imine (C=N–C) groups is 1. The lowest BCUT2D eigenvalue weighted by atomic mass is 9.99. The first-order valence-corrected chi connectivity index (χ1v) is 8.02. The molecule has 2 aromatic rings. The molecule has 20 heavy (non-hydrogen) atoms. The SMILES string of the molecule is CC(C)C1=Nc2ccccc2CC(c2ccsc2)N1C. The van der Waals surface area contributed by atoms with E-state index in [0.29, 0.717) is 12.0 Å². The van der Waals surface area contributed by atoms with Gasteiger partial charge in [-0.2, -0.15) is 11.3 Å². The van der Waals surface area contributed by atoms with E-state index in [9.17, 15) is 0 Å². The Morgan fingerprint density at radius 2 is 2.05 bits per heavy atom. The van der Waals surface area contributed by atoms with E-state index in [2.05, 4.69) is 66.9 Å². The van der Waals surface area contributed by atoms with Crippen molar-refractivity contribution < 1.29 is 0 Å². The van der Waals surface area contributed by atoms with Crippen LogP contribution in [0, 0.1) is 5.92 Å². The predicted octanol–water partition coefficient (Wildman–Crippen LogP) is 4.66. The first-order chi connectivity index (χ1) is 9.66. The van der Waals surface area contributed by atoms with Gasteiger partial charge in [0.1, 0.15) is 5.84 Å². The highest BCUT2D eigenvalue weighted by Crippen LogP contribution is 2.34. The summed E-state index contributed by atoms with van der Waals surface area (Å²) in [5, 5.41) is 4.42. The molecule has 0 amide bonds. The summed E-state index contributed by atoms with van der Waals surface area (Å²) in [7, 11) is 2.17. The third-order valence-corrected chi connectivity index (χ3v) is 4.61. The summed E-state index contributed by atoms with van der Waals surface area (Å²) in [6.45, 7) is 4.43. The highest BCUT2D eigenvalue weighted by Gasteiger charge is 2.26. The monoisotopic (exact) mass is 284 g/mol. The van der Waals surface area contributed by atoms with E-state index < -0.39 is 0 Å². The Morgan fingerprint density at radius 1 is 1.25 bits per heavy atom. The number of amidine groups is 1. The molecule has 2 heterocycles. The first-order valence-electron chi connectivity index (χ1n) is 7.08. The number of hydrogen-bond donors (Lipinski definition) is 0. The molecule has 104 valence electrons. The normalized spacial score (nSPS) is 18.7. The summed E-state index contributed by atoms with van der Waals surface area (Å²) in [4.78, 5) is 7.28. The largest absolute Gasteiger partial charge is 0.355 e. The molecule has 3 rings (SSSR count). The maximum atomic E-state index is 4.93. The average molecular weight is 284 g/mol. The van der Waals surface area contributed by atoms with Crippen LogP contribution in [0.1, 0.15) is 31.0 Å². The number of fused-ring (bicyclic) bond motifs is 1. The van der Waals surface area contributed by atoms with Gasteiger partial charge in [0.05, 0.1) is 11.7 Å². The summed E-state index contributed by atoms with van der Waals surface area (Å²) in [6, 6.07) is 11.1. The Labute approximate surface area is 124 Å². The van der Waals surface area contributed by atoms with Crippen molar-refractivity contribution >= 4 is 22.9 Å². The standard InChI is InChI=1S/C17H20N2S/c1-12(2)17-18-15-7-5-4-6-13(15)10-16(19(17)3)14-8-9-20-11-14/h4-9,11-12,16H,10H2,1-3H3. The van der Waals surface area contributed by atoms with Gasteiger partial charge in [-0.3, -0.25) is 0 Å². The van der Waals surface area contributed by atoms with Gasteiger partial charge in [0, 0.05) is 13.0 Å². The molecule has 1 unspecified atom stereocenters. The lowest BCUT2D eigenvalue weighted by molar-refractivity contribution is 0.362. The maximum Gasteiger partial charge on any atom is 0.108 e. The van der Waals surface area contributed by atoms with Crippen LogP contribution >= 0.6 is 11.3 Å². The van der Waals surface area contributed by atoms with Gasteiger partial charge in [-0.25, -0.2) is 4.99 Å². The molecular weight excluding hydrogens is 264 g/mol. The smallest absolute Gasteiger partial charge is 0.108 e. The highest BCUT2D eigenvalue weighted by molar-refractivity contribution is 7.07. The number of nitrogens with zero attached hydrogens (tertiary/aromatic N) is 2. The molecular formula is C17H20N2S. The molecule has 1 aliphatic heterocycles. The van der Waals surface area contributed by atoms with Crippen LogP contribution in [0.5, 0.6) is 0 Å². The molecule has 1 aromatic heterocycles.